The molecule has 1 atom stereocenters. The molecule has 1 fully saturated rings. The van der Waals surface area contributed by atoms with Crippen LogP contribution in [0.3, 0.4) is 0 Å². The largest absolute Gasteiger partial charge is 0.444 e. The Morgan fingerprint density at radius 1 is 1.24 bits per heavy atom. The van der Waals surface area contributed by atoms with Crippen molar-refractivity contribution in [3.05, 3.63) is 0 Å². The second-order valence-corrected chi connectivity index (χ2v) is 10.9. The van der Waals surface area contributed by atoms with E-state index in [0.29, 0.717) is 25.6 Å². The van der Waals surface area contributed by atoms with Crippen LogP contribution < -0.4 is 16.0 Å². The van der Waals surface area contributed by atoms with E-state index in [4.69, 9.17) is 4.74 Å². The predicted molar refractivity (Wildman–Crippen MR) is 117 cm³/mol. The van der Waals surface area contributed by atoms with Crippen molar-refractivity contribution in [2.45, 2.75) is 72.1 Å². The van der Waals surface area contributed by atoms with Crippen LogP contribution in [0.1, 0.15) is 54.4 Å². The number of aliphatic imine (C=N–C) groups is 1. The molecule has 0 spiro atoms. The lowest BCUT2D eigenvalue weighted by Gasteiger charge is -2.32. The van der Waals surface area contributed by atoms with Crippen LogP contribution in [-0.2, 0) is 14.8 Å². The number of alkyl carbamates (subject to hydrolysis) is 1. The molecule has 1 rings (SSSR count). The van der Waals surface area contributed by atoms with Crippen LogP contribution in [0.25, 0.3) is 0 Å². The predicted octanol–water partition coefficient (Wildman–Crippen LogP) is 1.51. The molecule has 0 aromatic rings. The molecule has 1 unspecified atom stereocenters. The average molecular weight is 434 g/mol. The maximum absolute atomic E-state index is 12.1. The van der Waals surface area contributed by atoms with E-state index in [1.807, 2.05) is 34.6 Å². The fourth-order valence-electron chi connectivity index (χ4n) is 2.97. The lowest BCUT2D eigenvalue weighted by Crippen LogP contribution is -2.53. The number of hydrogen-bond acceptors (Lipinski definition) is 5. The van der Waals surface area contributed by atoms with Gasteiger partial charge in [0.1, 0.15) is 5.60 Å². The summed E-state index contributed by atoms with van der Waals surface area (Å²) < 4.78 is 30.9. The normalized spacial score (nSPS) is 18.4. The highest BCUT2D eigenvalue weighted by atomic mass is 32.2. The quantitative estimate of drug-likeness (QED) is 0.414. The zero-order valence-electron chi connectivity index (χ0n) is 18.9. The second kappa shape index (κ2) is 11.0. The van der Waals surface area contributed by atoms with Crippen molar-refractivity contribution in [1.82, 2.24) is 20.3 Å². The van der Waals surface area contributed by atoms with E-state index in [1.165, 1.54) is 0 Å². The van der Waals surface area contributed by atoms with Crippen LogP contribution in [0.4, 0.5) is 4.79 Å². The second-order valence-electron chi connectivity index (χ2n) is 8.67. The van der Waals surface area contributed by atoms with Gasteiger partial charge in [-0.15, -0.1) is 0 Å². The van der Waals surface area contributed by atoms with E-state index in [0.717, 1.165) is 12.8 Å². The third-order valence-corrected chi connectivity index (χ3v) is 6.65. The lowest BCUT2D eigenvalue weighted by atomic mass is 10.0. The molecule has 0 bridgehead atoms. The summed E-state index contributed by atoms with van der Waals surface area (Å²) in [5, 5.41) is 9.52. The molecule has 1 amide bonds. The van der Waals surface area contributed by atoms with E-state index in [1.54, 1.807) is 18.3 Å². The molecule has 1 aliphatic rings. The van der Waals surface area contributed by atoms with Crippen LogP contribution >= 0.6 is 0 Å². The SMILES string of the molecule is CCS(=O)(=O)N1CCC(NC(=NC)NCC(NC(=O)OC(C)(C)C)C(C)C)CC1. The Bertz CT molecular complexity index is 650. The summed E-state index contributed by atoms with van der Waals surface area (Å²) in [5.41, 5.74) is -0.545. The average Bonchev–Trinajstić information content (AvgIpc) is 2.62. The van der Waals surface area contributed by atoms with E-state index >= 15 is 0 Å². The monoisotopic (exact) mass is 433 g/mol. The van der Waals surface area contributed by atoms with Gasteiger partial charge in [-0.2, -0.15) is 0 Å². The standard InChI is InChI=1S/C19H39N5O4S/c1-8-29(26,27)24-11-9-15(10-12-24)22-17(20-7)21-13-16(14(2)3)23-18(25)28-19(4,5)6/h14-16H,8-13H2,1-7H3,(H,23,25)(H2,20,21,22). The minimum Gasteiger partial charge on any atom is -0.444 e. The van der Waals surface area contributed by atoms with Crippen LogP contribution in [-0.4, -0.2) is 74.9 Å². The van der Waals surface area contributed by atoms with Crippen molar-refractivity contribution >= 4 is 22.1 Å². The van der Waals surface area contributed by atoms with Gasteiger partial charge in [-0.25, -0.2) is 17.5 Å². The first-order valence-electron chi connectivity index (χ1n) is 10.3. The van der Waals surface area contributed by atoms with Crippen molar-refractivity contribution in [2.75, 3.05) is 32.4 Å². The van der Waals surface area contributed by atoms with Gasteiger partial charge in [-0.1, -0.05) is 13.8 Å². The number of carbonyl (C=O) groups excluding carboxylic acids is 1. The van der Waals surface area contributed by atoms with E-state index < -0.39 is 21.7 Å². The summed E-state index contributed by atoms with van der Waals surface area (Å²) in [6, 6.07) is 0.0285. The summed E-state index contributed by atoms with van der Waals surface area (Å²) in [6.45, 7) is 12.8. The topological polar surface area (TPSA) is 112 Å². The van der Waals surface area contributed by atoms with Crippen molar-refractivity contribution < 1.29 is 17.9 Å². The zero-order valence-corrected chi connectivity index (χ0v) is 19.7. The minimum atomic E-state index is -3.13. The van der Waals surface area contributed by atoms with Crippen LogP contribution in [0.5, 0.6) is 0 Å². The first-order chi connectivity index (χ1) is 13.4. The Balaban J connectivity index is 2.53. The Labute approximate surface area is 176 Å². The molecule has 10 heteroatoms. The van der Waals surface area contributed by atoms with E-state index in [-0.39, 0.29) is 23.8 Å². The Kier molecular flexibility index (Phi) is 9.67. The Morgan fingerprint density at radius 3 is 2.28 bits per heavy atom. The number of hydrogen-bond donors (Lipinski definition) is 3. The molecule has 1 saturated heterocycles. The van der Waals surface area contributed by atoms with Crippen molar-refractivity contribution in [3.8, 4) is 0 Å². The van der Waals surface area contributed by atoms with Crippen molar-refractivity contribution in [1.29, 1.82) is 0 Å². The molecule has 0 aliphatic carbocycles. The molecule has 0 aromatic heterocycles. The van der Waals surface area contributed by atoms with Gasteiger partial charge in [0.15, 0.2) is 5.96 Å². The summed E-state index contributed by atoms with van der Waals surface area (Å²) in [6.07, 6.45) is 1.01. The molecule has 0 saturated carbocycles. The number of nitrogens with zero attached hydrogens (tertiary/aromatic N) is 2. The highest BCUT2D eigenvalue weighted by Gasteiger charge is 2.27. The van der Waals surface area contributed by atoms with E-state index in [2.05, 4.69) is 20.9 Å². The van der Waals surface area contributed by atoms with Gasteiger partial charge >= 0.3 is 6.09 Å². The first kappa shape index (κ1) is 25.5. The molecule has 0 aromatic carbocycles. The Hall–Kier alpha value is -1.55. The van der Waals surface area contributed by atoms with Gasteiger partial charge in [0.05, 0.1) is 11.8 Å². The van der Waals surface area contributed by atoms with Crippen LogP contribution in [0.2, 0.25) is 0 Å². The number of rotatable bonds is 7. The van der Waals surface area contributed by atoms with E-state index in [9.17, 15) is 13.2 Å². The highest BCUT2D eigenvalue weighted by molar-refractivity contribution is 7.89. The molecule has 9 nitrogen and oxygen atoms in total. The smallest absolute Gasteiger partial charge is 0.407 e. The zero-order chi connectivity index (χ0) is 22.2. The molecule has 3 N–H and O–H groups in total. The highest BCUT2D eigenvalue weighted by Crippen LogP contribution is 2.14. The summed E-state index contributed by atoms with van der Waals surface area (Å²) in [5.74, 6) is 0.976. The third-order valence-electron chi connectivity index (χ3n) is 4.77. The number of amides is 1. The van der Waals surface area contributed by atoms with Crippen LogP contribution in [0, 0.1) is 5.92 Å². The van der Waals surface area contributed by atoms with Crippen LogP contribution in [0.15, 0.2) is 4.99 Å². The number of nitrogens with one attached hydrogen (secondary N) is 3. The number of ether oxygens (including phenoxy) is 1. The van der Waals surface area contributed by atoms with Gasteiger partial charge in [0, 0.05) is 32.7 Å². The van der Waals surface area contributed by atoms with Crippen molar-refractivity contribution in [3.63, 3.8) is 0 Å². The molecule has 0 radical (unpaired) electrons. The van der Waals surface area contributed by atoms with Gasteiger partial charge < -0.3 is 20.7 Å². The molecule has 170 valence electrons. The summed E-state index contributed by atoms with van der Waals surface area (Å²) in [7, 11) is -1.43. The fraction of sp³-hybridized carbons (Fsp3) is 0.895. The molecular formula is C19H39N5O4S. The lowest BCUT2D eigenvalue weighted by molar-refractivity contribution is 0.0491. The summed E-state index contributed by atoms with van der Waals surface area (Å²) >= 11 is 0. The minimum absolute atomic E-state index is 0.125. The molecule has 1 aliphatic heterocycles. The first-order valence-corrected chi connectivity index (χ1v) is 11.9. The molecule has 29 heavy (non-hydrogen) atoms. The summed E-state index contributed by atoms with van der Waals surface area (Å²) in [4.78, 5) is 16.3. The number of sulfonamides is 1. The molecular weight excluding hydrogens is 394 g/mol. The Morgan fingerprint density at radius 2 is 1.83 bits per heavy atom. The van der Waals surface area contributed by atoms with Gasteiger partial charge in [0.2, 0.25) is 10.0 Å². The number of piperidine rings is 1. The third kappa shape index (κ3) is 9.20. The number of guanidine groups is 1. The maximum atomic E-state index is 12.1. The van der Waals surface area contributed by atoms with Gasteiger partial charge in [-0.3, -0.25) is 4.99 Å². The fourth-order valence-corrected chi connectivity index (χ4v) is 4.10. The number of carbonyl (C=O) groups is 1. The maximum Gasteiger partial charge on any atom is 0.407 e. The molecule has 1 heterocycles. The van der Waals surface area contributed by atoms with Crippen molar-refractivity contribution in [2.24, 2.45) is 10.9 Å². The van der Waals surface area contributed by atoms with Gasteiger partial charge in [0.25, 0.3) is 0 Å². The van der Waals surface area contributed by atoms with Gasteiger partial charge in [-0.05, 0) is 46.5 Å².